The van der Waals surface area contributed by atoms with Crippen LogP contribution in [0.5, 0.6) is 0 Å². The van der Waals surface area contributed by atoms with E-state index in [4.69, 9.17) is 5.73 Å². The molecule has 15 heavy (non-hydrogen) atoms. The summed E-state index contributed by atoms with van der Waals surface area (Å²) in [6, 6.07) is 8.48. The van der Waals surface area contributed by atoms with Crippen LogP contribution < -0.4 is 11.1 Å². The van der Waals surface area contributed by atoms with E-state index in [1.165, 1.54) is 11.3 Å². The second-order valence-corrected chi connectivity index (χ2v) is 4.86. The summed E-state index contributed by atoms with van der Waals surface area (Å²) in [5.41, 5.74) is 8.26. The Hall–Kier alpha value is -1.02. The Balaban J connectivity index is 2.78. The molecule has 0 radical (unpaired) electrons. The first kappa shape index (κ1) is 12.1. The molecule has 1 aromatic rings. The van der Waals surface area contributed by atoms with Crippen molar-refractivity contribution in [1.29, 1.82) is 0 Å². The predicted molar refractivity (Wildman–Crippen MR) is 67.3 cm³/mol. The number of nitrogens with two attached hydrogens (primary N) is 1. The number of hydrogen-bond acceptors (Lipinski definition) is 2. The Morgan fingerprint density at radius 1 is 1.20 bits per heavy atom. The van der Waals surface area contributed by atoms with Crippen LogP contribution in [0.1, 0.15) is 32.8 Å². The van der Waals surface area contributed by atoms with Crippen LogP contribution in [0, 0.1) is 0 Å². The molecule has 1 aromatic carbocycles. The summed E-state index contributed by atoms with van der Waals surface area (Å²) in [4.78, 5) is 0. The zero-order valence-electron chi connectivity index (χ0n) is 10.0. The summed E-state index contributed by atoms with van der Waals surface area (Å²) in [5.74, 6) is 0. The number of hydrogen-bond donors (Lipinski definition) is 2. The second-order valence-electron chi connectivity index (χ2n) is 4.86. The molecule has 0 aliphatic heterocycles. The molecule has 0 heterocycles. The van der Waals surface area contributed by atoms with Crippen molar-refractivity contribution in [3.8, 4) is 0 Å². The van der Waals surface area contributed by atoms with Crippen LogP contribution in [0.25, 0.3) is 0 Å². The van der Waals surface area contributed by atoms with Gasteiger partial charge in [0.15, 0.2) is 0 Å². The van der Waals surface area contributed by atoms with Crippen LogP contribution in [0.3, 0.4) is 0 Å². The van der Waals surface area contributed by atoms with E-state index in [1.54, 1.807) is 0 Å². The van der Waals surface area contributed by atoms with Gasteiger partial charge in [0.25, 0.3) is 0 Å². The van der Waals surface area contributed by atoms with Gasteiger partial charge in [-0.25, -0.2) is 0 Å². The van der Waals surface area contributed by atoms with E-state index < -0.39 is 0 Å². The van der Waals surface area contributed by atoms with Crippen LogP contribution in [0.2, 0.25) is 0 Å². The fourth-order valence-corrected chi connectivity index (χ4v) is 1.62. The highest BCUT2D eigenvalue weighted by atomic mass is 14.9. The summed E-state index contributed by atoms with van der Waals surface area (Å²) >= 11 is 0. The first-order chi connectivity index (χ1) is 7.05. The van der Waals surface area contributed by atoms with Crippen molar-refractivity contribution in [2.24, 2.45) is 5.73 Å². The SMILES string of the molecule is CC(C)(C)c1ccccc1NCCCN. The molecule has 0 aliphatic rings. The highest BCUT2D eigenvalue weighted by Crippen LogP contribution is 2.28. The maximum absolute atomic E-state index is 5.48. The lowest BCUT2D eigenvalue weighted by atomic mass is 9.86. The van der Waals surface area contributed by atoms with Gasteiger partial charge in [0.05, 0.1) is 0 Å². The third-order valence-corrected chi connectivity index (χ3v) is 2.43. The topological polar surface area (TPSA) is 38.0 Å². The fraction of sp³-hybridized carbons (Fsp3) is 0.538. The van der Waals surface area contributed by atoms with E-state index in [0.717, 1.165) is 19.5 Å². The number of nitrogens with one attached hydrogen (secondary N) is 1. The maximum Gasteiger partial charge on any atom is 0.0378 e. The van der Waals surface area contributed by atoms with Gasteiger partial charge in [0.2, 0.25) is 0 Å². The molecule has 0 saturated heterocycles. The Kier molecular flexibility index (Phi) is 4.15. The normalized spacial score (nSPS) is 11.5. The van der Waals surface area contributed by atoms with Crippen molar-refractivity contribution < 1.29 is 0 Å². The van der Waals surface area contributed by atoms with E-state index in [9.17, 15) is 0 Å². The van der Waals surface area contributed by atoms with Crippen molar-refractivity contribution in [1.82, 2.24) is 0 Å². The summed E-state index contributed by atoms with van der Waals surface area (Å²) in [6.07, 6.45) is 1.01. The third-order valence-electron chi connectivity index (χ3n) is 2.43. The van der Waals surface area contributed by atoms with Gasteiger partial charge in [-0.3, -0.25) is 0 Å². The molecule has 1 rings (SSSR count). The summed E-state index contributed by atoms with van der Waals surface area (Å²) in [7, 11) is 0. The Labute approximate surface area is 92.9 Å². The molecule has 0 spiro atoms. The fourth-order valence-electron chi connectivity index (χ4n) is 1.62. The van der Waals surface area contributed by atoms with Crippen molar-refractivity contribution in [2.75, 3.05) is 18.4 Å². The van der Waals surface area contributed by atoms with Crippen LogP contribution in [-0.2, 0) is 5.41 Å². The number of anilines is 1. The van der Waals surface area contributed by atoms with Gasteiger partial charge in [-0.1, -0.05) is 39.0 Å². The first-order valence-electron chi connectivity index (χ1n) is 5.59. The minimum Gasteiger partial charge on any atom is -0.385 e. The minimum absolute atomic E-state index is 0.187. The third kappa shape index (κ3) is 3.56. The molecule has 0 fully saturated rings. The highest BCUT2D eigenvalue weighted by Gasteiger charge is 2.16. The molecule has 0 unspecified atom stereocenters. The minimum atomic E-state index is 0.187. The summed E-state index contributed by atoms with van der Waals surface area (Å²) in [6.45, 7) is 8.39. The van der Waals surface area contributed by atoms with Gasteiger partial charge in [-0.15, -0.1) is 0 Å². The Morgan fingerprint density at radius 2 is 1.87 bits per heavy atom. The van der Waals surface area contributed by atoms with E-state index in [0.29, 0.717) is 0 Å². The second kappa shape index (κ2) is 5.17. The van der Waals surface area contributed by atoms with Gasteiger partial charge in [-0.05, 0) is 30.0 Å². The van der Waals surface area contributed by atoms with E-state index in [-0.39, 0.29) is 5.41 Å². The average molecular weight is 206 g/mol. The number of para-hydroxylation sites is 1. The molecule has 2 heteroatoms. The van der Waals surface area contributed by atoms with Crippen molar-refractivity contribution in [3.63, 3.8) is 0 Å². The lowest BCUT2D eigenvalue weighted by molar-refractivity contribution is 0.591. The van der Waals surface area contributed by atoms with E-state index >= 15 is 0 Å². The molecule has 2 nitrogen and oxygen atoms in total. The van der Waals surface area contributed by atoms with Gasteiger partial charge in [-0.2, -0.15) is 0 Å². The zero-order chi connectivity index (χ0) is 11.3. The molecule has 0 atom stereocenters. The Morgan fingerprint density at radius 3 is 2.47 bits per heavy atom. The van der Waals surface area contributed by atoms with Crippen molar-refractivity contribution in [2.45, 2.75) is 32.6 Å². The largest absolute Gasteiger partial charge is 0.385 e. The monoisotopic (exact) mass is 206 g/mol. The lowest BCUT2D eigenvalue weighted by Gasteiger charge is -2.23. The smallest absolute Gasteiger partial charge is 0.0378 e. The highest BCUT2D eigenvalue weighted by molar-refractivity contribution is 5.54. The quantitative estimate of drug-likeness (QED) is 0.743. The molecule has 0 bridgehead atoms. The molecule has 0 amide bonds. The summed E-state index contributed by atoms with van der Waals surface area (Å²) in [5, 5.41) is 3.44. The zero-order valence-corrected chi connectivity index (χ0v) is 10.0. The molecular formula is C13H22N2. The van der Waals surface area contributed by atoms with Crippen LogP contribution in [0.15, 0.2) is 24.3 Å². The predicted octanol–water partition coefficient (Wildman–Crippen LogP) is 2.74. The van der Waals surface area contributed by atoms with Crippen molar-refractivity contribution >= 4 is 5.69 Å². The standard InChI is InChI=1S/C13H22N2/c1-13(2,3)11-7-4-5-8-12(11)15-10-6-9-14/h4-5,7-8,15H,6,9-10,14H2,1-3H3. The summed E-state index contributed by atoms with van der Waals surface area (Å²) < 4.78 is 0. The van der Waals surface area contributed by atoms with E-state index in [2.05, 4.69) is 50.4 Å². The average Bonchev–Trinajstić information content (AvgIpc) is 2.17. The van der Waals surface area contributed by atoms with Crippen molar-refractivity contribution in [3.05, 3.63) is 29.8 Å². The molecule has 84 valence electrons. The lowest BCUT2D eigenvalue weighted by Crippen LogP contribution is -2.16. The van der Waals surface area contributed by atoms with Gasteiger partial charge < -0.3 is 11.1 Å². The Bertz CT molecular complexity index is 300. The molecule has 0 saturated carbocycles. The number of rotatable bonds is 4. The maximum atomic E-state index is 5.48. The van der Waals surface area contributed by atoms with Crippen LogP contribution >= 0.6 is 0 Å². The van der Waals surface area contributed by atoms with Gasteiger partial charge in [0.1, 0.15) is 0 Å². The van der Waals surface area contributed by atoms with E-state index in [1.807, 2.05) is 0 Å². The first-order valence-corrected chi connectivity index (χ1v) is 5.59. The van der Waals surface area contributed by atoms with Gasteiger partial charge >= 0.3 is 0 Å². The molecule has 3 N–H and O–H groups in total. The molecule has 0 aromatic heterocycles. The number of benzene rings is 1. The molecule has 0 aliphatic carbocycles. The molecular weight excluding hydrogens is 184 g/mol. The van der Waals surface area contributed by atoms with Gasteiger partial charge in [0, 0.05) is 12.2 Å². The van der Waals surface area contributed by atoms with Crippen LogP contribution in [0.4, 0.5) is 5.69 Å². The van der Waals surface area contributed by atoms with Crippen LogP contribution in [-0.4, -0.2) is 13.1 Å².